The van der Waals surface area contributed by atoms with E-state index in [1.165, 1.54) is 0 Å². The first-order valence-electron chi connectivity index (χ1n) is 9.67. The van der Waals surface area contributed by atoms with E-state index in [1.807, 2.05) is 33.7 Å². The number of carbonyl (C=O) groups is 1. The number of fused-ring (bicyclic) bond motifs is 1. The predicted octanol–water partition coefficient (Wildman–Crippen LogP) is 1.83. The molecule has 1 aliphatic heterocycles. The van der Waals surface area contributed by atoms with Gasteiger partial charge in [0.1, 0.15) is 5.82 Å². The number of para-hydroxylation sites is 1. The molecule has 6 heteroatoms. The normalized spacial score (nSPS) is 18.4. The lowest BCUT2D eigenvalue weighted by atomic mass is 10.2. The number of piperazine rings is 1. The molecule has 0 bridgehead atoms. The van der Waals surface area contributed by atoms with Gasteiger partial charge in [-0.2, -0.15) is 0 Å². The Morgan fingerprint density at radius 2 is 1.88 bits per heavy atom. The van der Waals surface area contributed by atoms with Crippen LogP contribution in [0.1, 0.15) is 38.1 Å². The van der Waals surface area contributed by atoms with Crippen molar-refractivity contribution in [2.75, 3.05) is 32.7 Å². The van der Waals surface area contributed by atoms with Crippen LogP contribution in [0.5, 0.6) is 0 Å². The minimum absolute atomic E-state index is 0.0390. The highest BCUT2D eigenvalue weighted by Gasteiger charge is 2.29. The molecule has 1 amide bonds. The van der Waals surface area contributed by atoms with Gasteiger partial charge in [-0.15, -0.1) is 0 Å². The number of nitrogens with zero attached hydrogens (tertiary/aromatic N) is 4. The summed E-state index contributed by atoms with van der Waals surface area (Å²) in [6.45, 7) is 6.68. The minimum atomic E-state index is 0.0390. The lowest BCUT2D eigenvalue weighted by Gasteiger charge is -2.34. The largest absolute Gasteiger partial charge is 0.340 e. The number of aromatic nitrogens is 2. The first-order chi connectivity index (χ1) is 12.7. The summed E-state index contributed by atoms with van der Waals surface area (Å²) in [5.41, 5.74) is 0.769. The van der Waals surface area contributed by atoms with Crippen LogP contribution in [-0.2, 0) is 11.2 Å². The van der Waals surface area contributed by atoms with Gasteiger partial charge in [0.15, 0.2) is 0 Å². The molecule has 2 aliphatic rings. The third kappa shape index (κ3) is 3.38. The average Bonchev–Trinajstić information content (AvgIpc) is 3.51. The fourth-order valence-electron chi connectivity index (χ4n) is 3.77. The van der Waals surface area contributed by atoms with Crippen molar-refractivity contribution in [3.8, 4) is 0 Å². The second-order valence-corrected chi connectivity index (χ2v) is 7.27. The van der Waals surface area contributed by atoms with Gasteiger partial charge >= 0.3 is 0 Å². The molecule has 2 fully saturated rings. The molecule has 26 heavy (non-hydrogen) atoms. The molecule has 0 radical (unpaired) electrons. The first-order valence-corrected chi connectivity index (χ1v) is 9.67. The van der Waals surface area contributed by atoms with Crippen LogP contribution in [0.4, 0.5) is 0 Å². The molecular formula is C20H26N4O2. The Morgan fingerprint density at radius 1 is 1.15 bits per heavy atom. The molecule has 1 saturated heterocycles. The number of benzene rings is 1. The molecule has 1 aromatic heterocycles. The van der Waals surface area contributed by atoms with Gasteiger partial charge in [0.25, 0.3) is 5.56 Å². The van der Waals surface area contributed by atoms with Crippen molar-refractivity contribution >= 4 is 16.8 Å². The second kappa shape index (κ2) is 7.19. The zero-order chi connectivity index (χ0) is 18.1. The Labute approximate surface area is 153 Å². The number of hydrogen-bond donors (Lipinski definition) is 0. The highest BCUT2D eigenvalue weighted by molar-refractivity contribution is 5.78. The van der Waals surface area contributed by atoms with Crippen LogP contribution >= 0.6 is 0 Å². The van der Waals surface area contributed by atoms with E-state index in [4.69, 9.17) is 4.98 Å². The number of hydrogen-bond acceptors (Lipinski definition) is 4. The van der Waals surface area contributed by atoms with E-state index in [0.717, 1.165) is 56.9 Å². The maximum absolute atomic E-state index is 12.9. The van der Waals surface area contributed by atoms with Crippen molar-refractivity contribution in [1.29, 1.82) is 0 Å². The van der Waals surface area contributed by atoms with Crippen molar-refractivity contribution in [3.63, 3.8) is 0 Å². The fraction of sp³-hybridized carbons (Fsp3) is 0.550. The molecule has 1 aliphatic carbocycles. The summed E-state index contributed by atoms with van der Waals surface area (Å²) >= 11 is 0. The summed E-state index contributed by atoms with van der Waals surface area (Å²) in [7, 11) is 0. The summed E-state index contributed by atoms with van der Waals surface area (Å²) in [6, 6.07) is 7.76. The van der Waals surface area contributed by atoms with Crippen LogP contribution in [0, 0.1) is 0 Å². The third-order valence-electron chi connectivity index (χ3n) is 5.53. The average molecular weight is 354 g/mol. The number of aryl methyl sites for hydroxylation is 1. The van der Waals surface area contributed by atoms with Gasteiger partial charge in [0, 0.05) is 45.1 Å². The van der Waals surface area contributed by atoms with E-state index in [9.17, 15) is 9.59 Å². The SMILES string of the molecule is CCN1CCN(C(=O)CCc2nc3ccccc3c(=O)n2C2CC2)CC1. The number of amides is 1. The Morgan fingerprint density at radius 3 is 2.58 bits per heavy atom. The number of carbonyl (C=O) groups excluding carboxylic acids is 1. The molecule has 1 aromatic carbocycles. The highest BCUT2D eigenvalue weighted by Crippen LogP contribution is 2.34. The van der Waals surface area contributed by atoms with Crippen LogP contribution in [-0.4, -0.2) is 58.0 Å². The third-order valence-corrected chi connectivity index (χ3v) is 5.53. The van der Waals surface area contributed by atoms with Crippen LogP contribution < -0.4 is 5.56 Å². The van der Waals surface area contributed by atoms with Crippen molar-refractivity contribution in [2.24, 2.45) is 0 Å². The monoisotopic (exact) mass is 354 g/mol. The first kappa shape index (κ1) is 17.2. The molecule has 0 N–H and O–H groups in total. The summed E-state index contributed by atoms with van der Waals surface area (Å²) < 4.78 is 1.84. The van der Waals surface area contributed by atoms with E-state index in [1.54, 1.807) is 0 Å². The van der Waals surface area contributed by atoms with Gasteiger partial charge in [-0.05, 0) is 31.5 Å². The number of rotatable bonds is 5. The zero-order valence-electron chi connectivity index (χ0n) is 15.4. The predicted molar refractivity (Wildman–Crippen MR) is 101 cm³/mol. The summed E-state index contributed by atoms with van der Waals surface area (Å²) in [6.07, 6.45) is 3.01. The van der Waals surface area contributed by atoms with Gasteiger partial charge in [-0.3, -0.25) is 14.2 Å². The standard InChI is InChI=1S/C20H26N4O2/c1-2-22-11-13-23(14-12-22)19(25)10-9-18-21-17-6-4-3-5-16(17)20(26)24(18)15-7-8-15/h3-6,15H,2,7-14H2,1H3. The van der Waals surface area contributed by atoms with Gasteiger partial charge in [0.2, 0.25) is 5.91 Å². The summed E-state index contributed by atoms with van der Waals surface area (Å²) in [5, 5.41) is 0.671. The fourth-order valence-corrected chi connectivity index (χ4v) is 3.77. The van der Waals surface area contributed by atoms with Crippen molar-refractivity contribution in [2.45, 2.75) is 38.6 Å². The van der Waals surface area contributed by atoms with E-state index in [2.05, 4.69) is 11.8 Å². The van der Waals surface area contributed by atoms with Crippen molar-refractivity contribution in [3.05, 3.63) is 40.4 Å². The molecule has 4 rings (SSSR count). The van der Waals surface area contributed by atoms with Gasteiger partial charge < -0.3 is 9.80 Å². The smallest absolute Gasteiger partial charge is 0.261 e. The van der Waals surface area contributed by atoms with Gasteiger partial charge in [0.05, 0.1) is 10.9 Å². The maximum atomic E-state index is 12.9. The Bertz CT molecular complexity index is 864. The zero-order valence-corrected chi connectivity index (χ0v) is 15.4. The molecule has 0 spiro atoms. The van der Waals surface area contributed by atoms with E-state index in [-0.39, 0.29) is 17.5 Å². The van der Waals surface area contributed by atoms with Crippen LogP contribution in [0.25, 0.3) is 10.9 Å². The molecule has 2 aromatic rings. The van der Waals surface area contributed by atoms with Crippen LogP contribution in [0.2, 0.25) is 0 Å². The maximum Gasteiger partial charge on any atom is 0.261 e. The molecule has 2 heterocycles. The van der Waals surface area contributed by atoms with Gasteiger partial charge in [-0.1, -0.05) is 19.1 Å². The Hall–Kier alpha value is -2.21. The Kier molecular flexibility index (Phi) is 4.76. The van der Waals surface area contributed by atoms with Crippen LogP contribution in [0.15, 0.2) is 29.1 Å². The van der Waals surface area contributed by atoms with Crippen molar-refractivity contribution in [1.82, 2.24) is 19.4 Å². The second-order valence-electron chi connectivity index (χ2n) is 7.27. The number of likely N-dealkylation sites (N-methyl/N-ethyl adjacent to an activating group) is 1. The molecule has 1 saturated carbocycles. The van der Waals surface area contributed by atoms with Gasteiger partial charge in [-0.25, -0.2) is 4.98 Å². The van der Waals surface area contributed by atoms with Crippen molar-refractivity contribution < 1.29 is 4.79 Å². The van der Waals surface area contributed by atoms with E-state index in [0.29, 0.717) is 18.2 Å². The topological polar surface area (TPSA) is 58.4 Å². The minimum Gasteiger partial charge on any atom is -0.340 e. The quantitative estimate of drug-likeness (QED) is 0.822. The molecule has 0 unspecified atom stereocenters. The lowest BCUT2D eigenvalue weighted by Crippen LogP contribution is -2.48. The summed E-state index contributed by atoms with van der Waals surface area (Å²) in [4.78, 5) is 34.5. The molecular weight excluding hydrogens is 328 g/mol. The Balaban J connectivity index is 1.51. The van der Waals surface area contributed by atoms with Crippen LogP contribution in [0.3, 0.4) is 0 Å². The summed E-state index contributed by atoms with van der Waals surface area (Å²) in [5.74, 6) is 0.933. The lowest BCUT2D eigenvalue weighted by molar-refractivity contribution is -0.132. The molecule has 6 nitrogen and oxygen atoms in total. The van der Waals surface area contributed by atoms with E-state index < -0.39 is 0 Å². The molecule has 138 valence electrons. The van der Waals surface area contributed by atoms with E-state index >= 15 is 0 Å². The molecule has 0 atom stereocenters. The highest BCUT2D eigenvalue weighted by atomic mass is 16.2.